The zero-order valence-electron chi connectivity index (χ0n) is 12.3. The van der Waals surface area contributed by atoms with E-state index >= 15 is 0 Å². The van der Waals surface area contributed by atoms with E-state index in [1.54, 1.807) is 10.9 Å². The lowest BCUT2D eigenvalue weighted by Gasteiger charge is -2.27. The monoisotopic (exact) mass is 291 g/mol. The molecule has 3 rings (SSSR count). The van der Waals surface area contributed by atoms with Crippen molar-refractivity contribution < 1.29 is 14.3 Å². The highest BCUT2D eigenvalue weighted by atomic mass is 16.6. The number of aryl methyl sites for hydroxylation is 1. The molecule has 0 radical (unpaired) electrons. The van der Waals surface area contributed by atoms with Crippen LogP contribution in [0.5, 0.6) is 0 Å². The highest BCUT2D eigenvalue weighted by Crippen LogP contribution is 2.45. The first-order valence-electron chi connectivity index (χ1n) is 7.58. The van der Waals surface area contributed by atoms with Gasteiger partial charge in [-0.05, 0) is 38.2 Å². The van der Waals surface area contributed by atoms with Gasteiger partial charge in [0.2, 0.25) is 5.91 Å². The number of carbonyl (C=O) groups excluding carboxylic acids is 2. The predicted molar refractivity (Wildman–Crippen MR) is 75.4 cm³/mol. The molecule has 2 aliphatic rings. The van der Waals surface area contributed by atoms with Gasteiger partial charge >= 0.3 is 5.97 Å². The van der Waals surface area contributed by atoms with Crippen molar-refractivity contribution in [2.75, 3.05) is 6.54 Å². The fourth-order valence-corrected chi connectivity index (χ4v) is 3.45. The van der Waals surface area contributed by atoms with Crippen molar-refractivity contribution in [2.45, 2.75) is 51.2 Å². The van der Waals surface area contributed by atoms with Gasteiger partial charge in [-0.15, -0.1) is 0 Å². The number of hydrogen-bond acceptors (Lipinski definition) is 4. The van der Waals surface area contributed by atoms with Crippen LogP contribution in [-0.4, -0.2) is 33.8 Å². The van der Waals surface area contributed by atoms with E-state index in [4.69, 9.17) is 4.74 Å². The Bertz CT molecular complexity index is 546. The Labute approximate surface area is 123 Å². The molecule has 1 atom stereocenters. The summed E-state index contributed by atoms with van der Waals surface area (Å²) in [5, 5.41) is 7.10. The lowest BCUT2D eigenvalue weighted by atomic mass is 9.85. The van der Waals surface area contributed by atoms with Gasteiger partial charge in [-0.3, -0.25) is 14.3 Å². The molecule has 1 aliphatic carbocycles. The molecule has 114 valence electrons. The van der Waals surface area contributed by atoms with E-state index in [1.807, 2.05) is 13.1 Å². The molecule has 0 aromatic carbocycles. The molecular formula is C15H21N3O3. The van der Waals surface area contributed by atoms with E-state index in [-0.39, 0.29) is 24.2 Å². The van der Waals surface area contributed by atoms with E-state index in [0.29, 0.717) is 13.1 Å². The molecule has 1 amide bonds. The van der Waals surface area contributed by atoms with Gasteiger partial charge in [0.05, 0.1) is 25.1 Å². The fraction of sp³-hybridized carbons (Fsp3) is 0.667. The maximum Gasteiger partial charge on any atom is 0.307 e. The first-order valence-corrected chi connectivity index (χ1v) is 7.58. The molecule has 1 aromatic heterocycles. The molecule has 2 fully saturated rings. The van der Waals surface area contributed by atoms with Crippen molar-refractivity contribution >= 4 is 11.9 Å². The average molecular weight is 291 g/mol. The zero-order chi connectivity index (χ0) is 14.9. The van der Waals surface area contributed by atoms with Gasteiger partial charge in [0.1, 0.15) is 5.60 Å². The van der Waals surface area contributed by atoms with Crippen LogP contribution in [0.2, 0.25) is 0 Å². The SMILES string of the molecule is Cc1cnn(CCNC(=O)[C@@H]2CC(=O)OC23CCCC3)c1. The highest BCUT2D eigenvalue weighted by molar-refractivity contribution is 5.87. The van der Waals surface area contributed by atoms with Gasteiger partial charge in [0.25, 0.3) is 0 Å². The molecule has 1 N–H and O–H groups in total. The van der Waals surface area contributed by atoms with Crippen LogP contribution in [0, 0.1) is 12.8 Å². The summed E-state index contributed by atoms with van der Waals surface area (Å²) >= 11 is 0. The van der Waals surface area contributed by atoms with E-state index < -0.39 is 5.60 Å². The summed E-state index contributed by atoms with van der Waals surface area (Å²) in [6.07, 6.45) is 7.63. The van der Waals surface area contributed by atoms with E-state index in [1.165, 1.54) is 0 Å². The molecule has 21 heavy (non-hydrogen) atoms. The second-order valence-electron chi connectivity index (χ2n) is 6.07. The van der Waals surface area contributed by atoms with Crippen LogP contribution < -0.4 is 5.32 Å². The average Bonchev–Trinajstić information content (AvgIpc) is 3.13. The Hall–Kier alpha value is -1.85. The second-order valence-corrected chi connectivity index (χ2v) is 6.07. The van der Waals surface area contributed by atoms with Gasteiger partial charge < -0.3 is 10.1 Å². The fourth-order valence-electron chi connectivity index (χ4n) is 3.45. The number of hydrogen-bond donors (Lipinski definition) is 1. The molecule has 1 aromatic rings. The summed E-state index contributed by atoms with van der Waals surface area (Å²) in [5.74, 6) is -0.627. The zero-order valence-corrected chi connectivity index (χ0v) is 12.3. The number of carbonyl (C=O) groups is 2. The lowest BCUT2D eigenvalue weighted by molar-refractivity contribution is -0.149. The molecule has 0 unspecified atom stereocenters. The standard InChI is InChI=1S/C15H21N3O3/c1-11-9-17-18(10-11)7-6-16-14(20)12-8-13(19)21-15(12)4-2-3-5-15/h9-10,12H,2-8H2,1H3,(H,16,20)/t12-/m0/s1. The lowest BCUT2D eigenvalue weighted by Crippen LogP contribution is -2.43. The van der Waals surface area contributed by atoms with Gasteiger partial charge in [-0.2, -0.15) is 5.10 Å². The largest absolute Gasteiger partial charge is 0.458 e. The molecule has 1 aliphatic heterocycles. The van der Waals surface area contributed by atoms with Crippen LogP contribution in [0.4, 0.5) is 0 Å². The van der Waals surface area contributed by atoms with E-state index in [2.05, 4.69) is 10.4 Å². The number of amides is 1. The molecule has 0 bridgehead atoms. The maximum absolute atomic E-state index is 12.4. The summed E-state index contributed by atoms with van der Waals surface area (Å²) < 4.78 is 7.30. The van der Waals surface area contributed by atoms with Crippen molar-refractivity contribution in [3.05, 3.63) is 18.0 Å². The molecule has 6 heteroatoms. The highest BCUT2D eigenvalue weighted by Gasteiger charge is 2.53. The normalized spacial score (nSPS) is 23.5. The van der Waals surface area contributed by atoms with Crippen molar-refractivity contribution in [3.63, 3.8) is 0 Å². The first-order chi connectivity index (χ1) is 10.1. The number of rotatable bonds is 4. The maximum atomic E-state index is 12.4. The summed E-state index contributed by atoms with van der Waals surface area (Å²) in [6.45, 7) is 3.13. The van der Waals surface area contributed by atoms with E-state index in [0.717, 1.165) is 31.2 Å². The van der Waals surface area contributed by atoms with Gasteiger partial charge in [-0.1, -0.05) is 0 Å². The van der Waals surface area contributed by atoms with Crippen LogP contribution in [0.3, 0.4) is 0 Å². The molecule has 1 saturated carbocycles. The topological polar surface area (TPSA) is 73.2 Å². The van der Waals surface area contributed by atoms with Crippen molar-refractivity contribution in [3.8, 4) is 0 Å². The van der Waals surface area contributed by atoms with Crippen molar-refractivity contribution in [1.82, 2.24) is 15.1 Å². The Morgan fingerprint density at radius 3 is 2.95 bits per heavy atom. The van der Waals surface area contributed by atoms with Gasteiger partial charge in [0.15, 0.2) is 0 Å². The smallest absolute Gasteiger partial charge is 0.307 e. The van der Waals surface area contributed by atoms with Crippen LogP contribution in [0.15, 0.2) is 12.4 Å². The number of nitrogens with one attached hydrogen (secondary N) is 1. The summed E-state index contributed by atoms with van der Waals surface area (Å²) in [6, 6.07) is 0. The van der Waals surface area contributed by atoms with Gasteiger partial charge in [-0.25, -0.2) is 0 Å². The van der Waals surface area contributed by atoms with Crippen LogP contribution in [0.25, 0.3) is 0 Å². The van der Waals surface area contributed by atoms with Crippen LogP contribution in [-0.2, 0) is 20.9 Å². The Kier molecular flexibility index (Phi) is 3.69. The Morgan fingerprint density at radius 1 is 1.52 bits per heavy atom. The third kappa shape index (κ3) is 2.80. The summed E-state index contributed by atoms with van der Waals surface area (Å²) in [4.78, 5) is 24.0. The minimum absolute atomic E-state index is 0.0633. The number of ether oxygens (including phenoxy) is 1. The minimum Gasteiger partial charge on any atom is -0.458 e. The molecule has 1 spiro atoms. The summed E-state index contributed by atoms with van der Waals surface area (Å²) in [7, 11) is 0. The van der Waals surface area contributed by atoms with Crippen LogP contribution >= 0.6 is 0 Å². The third-order valence-corrected chi connectivity index (χ3v) is 4.49. The first kappa shape index (κ1) is 14.1. The quantitative estimate of drug-likeness (QED) is 0.846. The number of aromatic nitrogens is 2. The Balaban J connectivity index is 1.56. The minimum atomic E-state index is -0.524. The molecule has 6 nitrogen and oxygen atoms in total. The molecule has 2 heterocycles. The molecule has 1 saturated heterocycles. The number of nitrogens with zero attached hydrogens (tertiary/aromatic N) is 2. The van der Waals surface area contributed by atoms with E-state index in [9.17, 15) is 9.59 Å². The third-order valence-electron chi connectivity index (χ3n) is 4.49. The van der Waals surface area contributed by atoms with Crippen molar-refractivity contribution in [1.29, 1.82) is 0 Å². The predicted octanol–water partition coefficient (Wildman–Crippen LogP) is 1.18. The van der Waals surface area contributed by atoms with Crippen molar-refractivity contribution in [2.24, 2.45) is 5.92 Å². The molecular weight excluding hydrogens is 270 g/mol. The Morgan fingerprint density at radius 2 is 2.29 bits per heavy atom. The van der Waals surface area contributed by atoms with Crippen LogP contribution in [0.1, 0.15) is 37.7 Å². The van der Waals surface area contributed by atoms with Gasteiger partial charge in [0, 0.05) is 12.7 Å². The number of esters is 1. The summed E-state index contributed by atoms with van der Waals surface area (Å²) in [5.41, 5.74) is 0.574. The second kappa shape index (κ2) is 5.50.